The summed E-state index contributed by atoms with van der Waals surface area (Å²) >= 11 is 7.74. The molecule has 16 heavy (non-hydrogen) atoms. The predicted octanol–water partition coefficient (Wildman–Crippen LogP) is 3.74. The molecule has 0 bridgehead atoms. The molecule has 1 aromatic carbocycles. The second-order valence-corrected chi connectivity index (χ2v) is 4.59. The Morgan fingerprint density at radius 2 is 2.19 bits per heavy atom. The summed E-state index contributed by atoms with van der Waals surface area (Å²) in [6, 6.07) is 7.86. The Bertz CT molecular complexity index is 557. The van der Waals surface area contributed by atoms with Gasteiger partial charge in [0.25, 0.3) is 0 Å². The number of rotatable bonds is 2. The van der Waals surface area contributed by atoms with Crippen LogP contribution in [-0.2, 0) is 9.53 Å². The highest BCUT2D eigenvalue weighted by atomic mass is 35.5. The van der Waals surface area contributed by atoms with E-state index < -0.39 is 0 Å². The number of thiophene rings is 1. The lowest BCUT2D eigenvalue weighted by molar-refractivity contribution is -0.134. The highest BCUT2D eigenvalue weighted by Crippen LogP contribution is 2.35. The second-order valence-electron chi connectivity index (χ2n) is 3.13. The van der Waals surface area contributed by atoms with Gasteiger partial charge in [0.1, 0.15) is 0 Å². The van der Waals surface area contributed by atoms with E-state index >= 15 is 0 Å². The van der Waals surface area contributed by atoms with Crippen LogP contribution >= 0.6 is 22.9 Å². The van der Waals surface area contributed by atoms with E-state index in [0.717, 1.165) is 15.0 Å². The molecular formula is C12H9ClO2S. The minimum atomic E-state index is -0.381. The third-order valence-corrected chi connectivity index (χ3v) is 3.79. The number of halogens is 1. The van der Waals surface area contributed by atoms with Crippen LogP contribution in [0.15, 0.2) is 30.3 Å². The van der Waals surface area contributed by atoms with Gasteiger partial charge in [-0.15, -0.1) is 11.3 Å². The molecule has 4 heteroatoms. The van der Waals surface area contributed by atoms with Crippen molar-refractivity contribution in [2.45, 2.75) is 0 Å². The van der Waals surface area contributed by atoms with E-state index in [0.29, 0.717) is 5.02 Å². The van der Waals surface area contributed by atoms with Gasteiger partial charge in [-0.2, -0.15) is 0 Å². The maximum atomic E-state index is 11.0. The summed E-state index contributed by atoms with van der Waals surface area (Å²) in [5, 5.41) is 1.69. The lowest BCUT2D eigenvalue weighted by Gasteiger charge is -1.90. The van der Waals surface area contributed by atoms with Gasteiger partial charge in [-0.1, -0.05) is 29.8 Å². The Hall–Kier alpha value is -1.32. The fourth-order valence-electron chi connectivity index (χ4n) is 1.35. The minimum absolute atomic E-state index is 0.381. The van der Waals surface area contributed by atoms with Crippen LogP contribution < -0.4 is 0 Å². The van der Waals surface area contributed by atoms with E-state index in [1.165, 1.54) is 13.2 Å². The van der Waals surface area contributed by atoms with Crippen molar-refractivity contribution in [1.82, 2.24) is 0 Å². The van der Waals surface area contributed by atoms with Crippen LogP contribution in [0.3, 0.4) is 0 Å². The van der Waals surface area contributed by atoms with E-state index in [2.05, 4.69) is 4.74 Å². The van der Waals surface area contributed by atoms with Gasteiger partial charge in [0.15, 0.2) is 0 Å². The first kappa shape index (κ1) is 11.2. The molecule has 0 spiro atoms. The number of hydrogen-bond donors (Lipinski definition) is 0. The SMILES string of the molecule is COC(=O)/C=C/c1sc2ccccc2c1Cl. The van der Waals surface area contributed by atoms with Crippen molar-refractivity contribution >= 4 is 45.1 Å². The first-order valence-electron chi connectivity index (χ1n) is 4.65. The smallest absolute Gasteiger partial charge is 0.330 e. The molecule has 0 aliphatic rings. The summed E-state index contributed by atoms with van der Waals surface area (Å²) in [4.78, 5) is 11.8. The van der Waals surface area contributed by atoms with Crippen molar-refractivity contribution in [3.05, 3.63) is 40.2 Å². The first-order valence-corrected chi connectivity index (χ1v) is 5.85. The third kappa shape index (κ3) is 2.10. The molecule has 0 atom stereocenters. The number of methoxy groups -OCH3 is 1. The minimum Gasteiger partial charge on any atom is -0.466 e. The van der Waals surface area contributed by atoms with Gasteiger partial charge in [0, 0.05) is 21.0 Å². The van der Waals surface area contributed by atoms with Crippen LogP contribution in [0, 0.1) is 0 Å². The molecule has 1 heterocycles. The molecule has 2 rings (SSSR count). The van der Waals surface area contributed by atoms with Gasteiger partial charge >= 0.3 is 5.97 Å². The number of fused-ring (bicyclic) bond motifs is 1. The van der Waals surface area contributed by atoms with E-state index in [1.54, 1.807) is 17.4 Å². The average molecular weight is 253 g/mol. The van der Waals surface area contributed by atoms with Crippen molar-refractivity contribution in [3.63, 3.8) is 0 Å². The monoisotopic (exact) mass is 252 g/mol. The molecule has 0 fully saturated rings. The summed E-state index contributed by atoms with van der Waals surface area (Å²) in [5.74, 6) is -0.381. The molecule has 0 aliphatic heterocycles. The Balaban J connectivity index is 2.42. The zero-order valence-electron chi connectivity index (χ0n) is 8.57. The van der Waals surface area contributed by atoms with E-state index in [9.17, 15) is 4.79 Å². The maximum Gasteiger partial charge on any atom is 0.330 e. The molecule has 0 saturated carbocycles. The van der Waals surface area contributed by atoms with Crippen molar-refractivity contribution in [2.75, 3.05) is 7.11 Å². The van der Waals surface area contributed by atoms with Crippen molar-refractivity contribution in [2.24, 2.45) is 0 Å². The van der Waals surface area contributed by atoms with Crippen molar-refractivity contribution < 1.29 is 9.53 Å². The standard InChI is InChI=1S/C12H9ClO2S/c1-15-11(14)7-6-10-12(13)8-4-2-3-5-9(8)16-10/h2-7H,1H3/b7-6+. The van der Waals surface area contributed by atoms with Gasteiger partial charge in [0.2, 0.25) is 0 Å². The van der Waals surface area contributed by atoms with Crippen LogP contribution in [0.5, 0.6) is 0 Å². The van der Waals surface area contributed by atoms with Crippen LogP contribution in [0.2, 0.25) is 5.02 Å². The normalized spacial score (nSPS) is 11.1. The van der Waals surface area contributed by atoms with Crippen LogP contribution in [0.4, 0.5) is 0 Å². The Labute approximate surface area is 102 Å². The van der Waals surface area contributed by atoms with Crippen LogP contribution in [0.25, 0.3) is 16.2 Å². The zero-order chi connectivity index (χ0) is 11.5. The summed E-state index contributed by atoms with van der Waals surface area (Å²) in [6.07, 6.45) is 3.05. The molecule has 0 radical (unpaired) electrons. The number of carbonyl (C=O) groups excluding carboxylic acids is 1. The quantitative estimate of drug-likeness (QED) is 0.601. The number of carbonyl (C=O) groups is 1. The van der Waals surface area contributed by atoms with Gasteiger partial charge in [-0.25, -0.2) is 4.79 Å². The lowest BCUT2D eigenvalue weighted by Crippen LogP contribution is -1.92. The van der Waals surface area contributed by atoms with Crippen LogP contribution in [0.1, 0.15) is 4.88 Å². The lowest BCUT2D eigenvalue weighted by atomic mass is 10.2. The van der Waals surface area contributed by atoms with Gasteiger partial charge in [-0.3, -0.25) is 0 Å². The Morgan fingerprint density at radius 1 is 1.44 bits per heavy atom. The number of esters is 1. The van der Waals surface area contributed by atoms with Crippen molar-refractivity contribution in [3.8, 4) is 0 Å². The molecule has 0 saturated heterocycles. The molecule has 82 valence electrons. The zero-order valence-corrected chi connectivity index (χ0v) is 10.1. The fourth-order valence-corrected chi connectivity index (χ4v) is 2.75. The fraction of sp³-hybridized carbons (Fsp3) is 0.0833. The number of benzene rings is 1. The number of ether oxygens (including phenoxy) is 1. The summed E-state index contributed by atoms with van der Waals surface area (Å²) in [5.41, 5.74) is 0. The topological polar surface area (TPSA) is 26.3 Å². The average Bonchev–Trinajstić information content (AvgIpc) is 2.64. The predicted molar refractivity (Wildman–Crippen MR) is 67.9 cm³/mol. The van der Waals surface area contributed by atoms with E-state index in [4.69, 9.17) is 11.6 Å². The summed E-state index contributed by atoms with van der Waals surface area (Å²) in [7, 11) is 1.35. The Kier molecular flexibility index (Phi) is 3.27. The first-order chi connectivity index (χ1) is 7.72. The molecule has 1 aromatic heterocycles. The number of hydrogen-bond acceptors (Lipinski definition) is 3. The molecule has 0 unspecified atom stereocenters. The molecule has 0 N–H and O–H groups in total. The largest absolute Gasteiger partial charge is 0.466 e. The molecule has 0 aliphatic carbocycles. The molecule has 2 aromatic rings. The molecule has 0 amide bonds. The van der Waals surface area contributed by atoms with Gasteiger partial charge < -0.3 is 4.74 Å². The summed E-state index contributed by atoms with van der Waals surface area (Å²) in [6.45, 7) is 0. The molecular weight excluding hydrogens is 244 g/mol. The second kappa shape index (κ2) is 4.68. The van der Waals surface area contributed by atoms with Gasteiger partial charge in [0.05, 0.1) is 12.1 Å². The van der Waals surface area contributed by atoms with E-state index in [-0.39, 0.29) is 5.97 Å². The van der Waals surface area contributed by atoms with E-state index in [1.807, 2.05) is 24.3 Å². The Morgan fingerprint density at radius 3 is 2.88 bits per heavy atom. The van der Waals surface area contributed by atoms with Crippen LogP contribution in [-0.4, -0.2) is 13.1 Å². The molecule has 2 nitrogen and oxygen atoms in total. The van der Waals surface area contributed by atoms with Gasteiger partial charge in [-0.05, 0) is 12.1 Å². The van der Waals surface area contributed by atoms with Crippen molar-refractivity contribution in [1.29, 1.82) is 0 Å². The highest BCUT2D eigenvalue weighted by Gasteiger charge is 2.07. The highest BCUT2D eigenvalue weighted by molar-refractivity contribution is 7.20. The third-order valence-electron chi connectivity index (χ3n) is 2.13. The summed E-state index contributed by atoms with van der Waals surface area (Å²) < 4.78 is 5.63. The maximum absolute atomic E-state index is 11.0.